The zero-order chi connectivity index (χ0) is 24.2. The first-order chi connectivity index (χ1) is 16.4. The summed E-state index contributed by atoms with van der Waals surface area (Å²) in [6.45, 7) is 12.2. The Kier molecular flexibility index (Phi) is 8.02. The van der Waals surface area contributed by atoms with E-state index in [0.717, 1.165) is 38.3 Å². The second kappa shape index (κ2) is 11.0. The fraction of sp³-hybridized carbons (Fsp3) is 0.500. The van der Waals surface area contributed by atoms with Gasteiger partial charge >= 0.3 is 0 Å². The third-order valence-electron chi connectivity index (χ3n) is 6.21. The Labute approximate surface area is 209 Å². The van der Waals surface area contributed by atoms with Crippen LogP contribution in [0, 0.1) is 6.92 Å². The number of likely N-dealkylation sites (N-methyl/N-ethyl adjacent to an activating group) is 1. The number of carbonyl (C=O) groups excluding carboxylic acids is 1. The highest BCUT2D eigenvalue weighted by Gasteiger charge is 2.33. The van der Waals surface area contributed by atoms with E-state index in [1.54, 1.807) is 21.6 Å². The smallest absolute Gasteiger partial charge is 0.267 e. The molecule has 2 aliphatic rings. The molecule has 8 nitrogen and oxygen atoms in total. The van der Waals surface area contributed by atoms with Crippen molar-refractivity contribution < 1.29 is 9.53 Å². The van der Waals surface area contributed by atoms with Crippen LogP contribution in [0.1, 0.15) is 31.4 Å². The lowest BCUT2D eigenvalue weighted by Gasteiger charge is -2.35. The molecule has 0 N–H and O–H groups in total. The van der Waals surface area contributed by atoms with Crippen LogP contribution in [0.4, 0.5) is 5.82 Å². The highest BCUT2D eigenvalue weighted by atomic mass is 32.2. The van der Waals surface area contributed by atoms with Crippen molar-refractivity contribution in [3.05, 3.63) is 44.7 Å². The van der Waals surface area contributed by atoms with Crippen molar-refractivity contribution in [3.63, 3.8) is 0 Å². The molecule has 0 bridgehead atoms. The Morgan fingerprint density at radius 1 is 1.21 bits per heavy atom. The molecule has 0 atom stereocenters. The van der Waals surface area contributed by atoms with Crippen LogP contribution in [0.5, 0.6) is 0 Å². The molecule has 4 rings (SSSR count). The number of aromatic nitrogens is 2. The van der Waals surface area contributed by atoms with Crippen molar-refractivity contribution >= 4 is 51.7 Å². The second-order valence-corrected chi connectivity index (χ2v) is 10.0. The van der Waals surface area contributed by atoms with E-state index in [4.69, 9.17) is 21.9 Å². The highest BCUT2D eigenvalue weighted by Crippen LogP contribution is 2.33. The van der Waals surface area contributed by atoms with Gasteiger partial charge in [0, 0.05) is 52.1 Å². The minimum Gasteiger partial charge on any atom is -0.382 e. The molecule has 2 aromatic rings. The largest absolute Gasteiger partial charge is 0.382 e. The van der Waals surface area contributed by atoms with Crippen LogP contribution in [0.15, 0.2) is 28.0 Å². The SMILES string of the molecule is CCOCCCN1C(=O)C(=Cc2c(N3CCN(CC)CC3)nc3c(C)cccn3c2=O)SC1=S. The van der Waals surface area contributed by atoms with E-state index >= 15 is 0 Å². The number of anilines is 1. The van der Waals surface area contributed by atoms with Crippen LogP contribution in [0.2, 0.25) is 0 Å². The summed E-state index contributed by atoms with van der Waals surface area (Å²) in [7, 11) is 0. The normalized spacial score (nSPS) is 18.6. The summed E-state index contributed by atoms with van der Waals surface area (Å²) in [4.78, 5) is 38.3. The van der Waals surface area contributed by atoms with Crippen LogP contribution in [0.3, 0.4) is 0 Å². The number of hydrogen-bond donors (Lipinski definition) is 0. The second-order valence-electron chi connectivity index (χ2n) is 8.34. The van der Waals surface area contributed by atoms with Gasteiger partial charge in [0.2, 0.25) is 0 Å². The summed E-state index contributed by atoms with van der Waals surface area (Å²) < 4.78 is 7.46. The Morgan fingerprint density at radius 2 is 1.97 bits per heavy atom. The predicted molar refractivity (Wildman–Crippen MR) is 142 cm³/mol. The van der Waals surface area contributed by atoms with E-state index < -0.39 is 0 Å². The van der Waals surface area contributed by atoms with Gasteiger partial charge in [-0.1, -0.05) is 37.0 Å². The number of carbonyl (C=O) groups is 1. The first-order valence-electron chi connectivity index (χ1n) is 11.8. The van der Waals surface area contributed by atoms with Crippen molar-refractivity contribution in [2.75, 3.05) is 57.4 Å². The highest BCUT2D eigenvalue weighted by molar-refractivity contribution is 8.26. The number of piperazine rings is 1. The number of ether oxygens (including phenoxy) is 1. The average Bonchev–Trinajstić information content (AvgIpc) is 3.11. The molecule has 2 saturated heterocycles. The Morgan fingerprint density at radius 3 is 2.68 bits per heavy atom. The summed E-state index contributed by atoms with van der Waals surface area (Å²) in [5.74, 6) is 0.471. The molecule has 10 heteroatoms. The first kappa shape index (κ1) is 24.8. The Bertz CT molecular complexity index is 1170. The predicted octanol–water partition coefficient (Wildman–Crippen LogP) is 2.77. The van der Waals surface area contributed by atoms with E-state index in [1.807, 2.05) is 26.0 Å². The van der Waals surface area contributed by atoms with Gasteiger partial charge in [0.15, 0.2) is 0 Å². The van der Waals surface area contributed by atoms with Crippen molar-refractivity contribution in [2.24, 2.45) is 0 Å². The minimum atomic E-state index is -0.178. The van der Waals surface area contributed by atoms with Crippen molar-refractivity contribution in [1.29, 1.82) is 0 Å². The zero-order valence-corrected chi connectivity index (χ0v) is 21.6. The Hall–Kier alpha value is -2.27. The molecule has 4 heterocycles. The third-order valence-corrected chi connectivity index (χ3v) is 7.58. The number of pyridine rings is 1. The molecule has 0 aromatic carbocycles. The molecule has 0 saturated carbocycles. The number of aryl methyl sites for hydroxylation is 1. The fourth-order valence-electron chi connectivity index (χ4n) is 4.24. The van der Waals surface area contributed by atoms with Crippen LogP contribution < -0.4 is 10.5 Å². The van der Waals surface area contributed by atoms with E-state index in [-0.39, 0.29) is 11.5 Å². The quantitative estimate of drug-likeness (QED) is 0.311. The summed E-state index contributed by atoms with van der Waals surface area (Å²) in [5.41, 5.74) is 1.83. The minimum absolute atomic E-state index is 0.165. The molecule has 0 unspecified atom stereocenters. The summed E-state index contributed by atoms with van der Waals surface area (Å²) in [6, 6.07) is 3.79. The molecule has 2 aromatic heterocycles. The number of thiocarbonyl (C=S) groups is 1. The van der Waals surface area contributed by atoms with Gasteiger partial charge in [-0.25, -0.2) is 4.98 Å². The van der Waals surface area contributed by atoms with Gasteiger partial charge in [0.05, 0.1) is 10.5 Å². The first-order valence-corrected chi connectivity index (χ1v) is 13.0. The lowest BCUT2D eigenvalue weighted by Crippen LogP contribution is -2.47. The molecule has 1 amide bonds. The van der Waals surface area contributed by atoms with Crippen molar-refractivity contribution in [3.8, 4) is 0 Å². The van der Waals surface area contributed by atoms with Crippen LogP contribution >= 0.6 is 24.0 Å². The molecule has 0 aliphatic carbocycles. The van der Waals surface area contributed by atoms with Crippen LogP contribution in [0.25, 0.3) is 11.7 Å². The summed E-state index contributed by atoms with van der Waals surface area (Å²) in [5, 5.41) is 0. The molecule has 0 spiro atoms. The summed E-state index contributed by atoms with van der Waals surface area (Å²) in [6.07, 6.45) is 4.13. The monoisotopic (exact) mass is 501 g/mol. The van der Waals surface area contributed by atoms with Gasteiger partial charge in [-0.3, -0.25) is 18.9 Å². The van der Waals surface area contributed by atoms with Crippen LogP contribution in [-0.4, -0.2) is 81.9 Å². The topological polar surface area (TPSA) is 70.4 Å². The number of fused-ring (bicyclic) bond motifs is 1. The van der Waals surface area contributed by atoms with E-state index in [0.29, 0.717) is 52.4 Å². The van der Waals surface area contributed by atoms with E-state index in [1.165, 1.54) is 11.8 Å². The Balaban J connectivity index is 1.72. The standard InChI is InChI=1S/C24H31N5O3S2/c1-4-26-11-13-27(14-12-26)21-18(22(30)28-9-6-8-17(3)20(28)25-21)16-19-23(31)29(24(33)34-19)10-7-15-32-5-2/h6,8-9,16H,4-5,7,10-15H2,1-3H3. The van der Waals surface area contributed by atoms with Gasteiger partial charge in [-0.15, -0.1) is 0 Å². The molecular weight excluding hydrogens is 470 g/mol. The maximum Gasteiger partial charge on any atom is 0.267 e. The number of amides is 1. The molecule has 182 valence electrons. The van der Waals surface area contributed by atoms with Crippen LogP contribution in [-0.2, 0) is 9.53 Å². The third kappa shape index (κ3) is 5.05. The lowest BCUT2D eigenvalue weighted by atomic mass is 10.2. The maximum atomic E-state index is 13.6. The maximum absolute atomic E-state index is 13.6. The van der Waals surface area contributed by atoms with Crippen molar-refractivity contribution in [2.45, 2.75) is 27.2 Å². The van der Waals surface area contributed by atoms with Gasteiger partial charge < -0.3 is 14.5 Å². The zero-order valence-electron chi connectivity index (χ0n) is 20.0. The van der Waals surface area contributed by atoms with Crippen molar-refractivity contribution in [1.82, 2.24) is 19.2 Å². The number of thioether (sulfide) groups is 1. The van der Waals surface area contributed by atoms with Gasteiger partial charge in [0.1, 0.15) is 15.8 Å². The number of rotatable bonds is 8. The fourth-order valence-corrected chi connectivity index (χ4v) is 5.53. The van der Waals surface area contributed by atoms with Gasteiger partial charge in [-0.2, -0.15) is 0 Å². The number of nitrogens with zero attached hydrogens (tertiary/aromatic N) is 5. The number of hydrogen-bond acceptors (Lipinski definition) is 8. The molecule has 2 aliphatic heterocycles. The molecule has 2 fully saturated rings. The molecule has 34 heavy (non-hydrogen) atoms. The van der Waals surface area contributed by atoms with Gasteiger partial charge in [0.25, 0.3) is 11.5 Å². The molecular formula is C24H31N5O3S2. The van der Waals surface area contributed by atoms with E-state index in [2.05, 4.69) is 16.7 Å². The van der Waals surface area contributed by atoms with Gasteiger partial charge in [-0.05, 0) is 44.5 Å². The van der Waals surface area contributed by atoms with E-state index in [9.17, 15) is 9.59 Å². The average molecular weight is 502 g/mol. The lowest BCUT2D eigenvalue weighted by molar-refractivity contribution is -0.122. The molecule has 0 radical (unpaired) electrons. The summed E-state index contributed by atoms with van der Waals surface area (Å²) >= 11 is 6.71.